The first-order valence-corrected chi connectivity index (χ1v) is 4.21. The van der Waals surface area contributed by atoms with Gasteiger partial charge in [0.05, 0.1) is 0 Å². The van der Waals surface area contributed by atoms with Gasteiger partial charge >= 0.3 is 6.03 Å². The van der Waals surface area contributed by atoms with Crippen LogP contribution in [0, 0.1) is 5.41 Å². The maximum absolute atomic E-state index is 10.4. The van der Waals surface area contributed by atoms with Crippen molar-refractivity contribution in [3.8, 4) is 0 Å². The summed E-state index contributed by atoms with van der Waals surface area (Å²) in [5.74, 6) is 0. The van der Waals surface area contributed by atoms with Gasteiger partial charge in [0.2, 0.25) is 0 Å². The minimum atomic E-state index is -0.432. The molecule has 0 radical (unpaired) electrons. The molecule has 1 rings (SSSR count). The Kier molecular flexibility index (Phi) is 2.92. The summed E-state index contributed by atoms with van der Waals surface area (Å²) in [6.45, 7) is 1.46. The normalized spacial score (nSPS) is 18.8. The van der Waals surface area contributed by atoms with Crippen LogP contribution in [0.15, 0.2) is 0 Å². The summed E-state index contributed by atoms with van der Waals surface area (Å²) in [4.78, 5) is 10.4. The SMILES string of the molecule is COCCC1(CNC(N)=O)CC1. The molecule has 1 aliphatic rings. The summed E-state index contributed by atoms with van der Waals surface area (Å²) in [5.41, 5.74) is 5.27. The van der Waals surface area contributed by atoms with E-state index < -0.39 is 6.03 Å². The molecule has 0 spiro atoms. The van der Waals surface area contributed by atoms with Crippen LogP contribution >= 0.6 is 0 Å². The predicted octanol–water partition coefficient (Wildman–Crippen LogP) is 0.471. The summed E-state index contributed by atoms with van der Waals surface area (Å²) < 4.78 is 4.98. The number of carbonyl (C=O) groups excluding carboxylic acids is 1. The van der Waals surface area contributed by atoms with Crippen LogP contribution in [0.5, 0.6) is 0 Å². The third-order valence-corrected chi connectivity index (χ3v) is 2.43. The summed E-state index contributed by atoms with van der Waals surface area (Å²) in [5, 5.41) is 2.64. The van der Waals surface area contributed by atoms with Crippen LogP contribution in [0.1, 0.15) is 19.3 Å². The van der Waals surface area contributed by atoms with Crippen molar-refractivity contribution in [2.24, 2.45) is 11.1 Å². The first kappa shape index (κ1) is 9.32. The van der Waals surface area contributed by atoms with E-state index in [0.717, 1.165) is 13.0 Å². The maximum Gasteiger partial charge on any atom is 0.312 e. The van der Waals surface area contributed by atoms with E-state index in [1.807, 2.05) is 0 Å². The van der Waals surface area contributed by atoms with Gasteiger partial charge in [-0.15, -0.1) is 0 Å². The quantitative estimate of drug-likeness (QED) is 0.633. The first-order chi connectivity index (χ1) is 5.68. The maximum atomic E-state index is 10.4. The zero-order valence-electron chi connectivity index (χ0n) is 7.43. The lowest BCUT2D eigenvalue weighted by Gasteiger charge is -2.13. The number of hydrogen-bond acceptors (Lipinski definition) is 2. The Morgan fingerprint density at radius 2 is 2.33 bits per heavy atom. The van der Waals surface area contributed by atoms with E-state index in [0.29, 0.717) is 12.0 Å². The van der Waals surface area contributed by atoms with Crippen LogP contribution < -0.4 is 11.1 Å². The molecule has 1 saturated carbocycles. The summed E-state index contributed by atoms with van der Waals surface area (Å²) >= 11 is 0. The van der Waals surface area contributed by atoms with Crippen molar-refractivity contribution >= 4 is 6.03 Å². The number of carbonyl (C=O) groups is 1. The average molecular weight is 172 g/mol. The van der Waals surface area contributed by atoms with Gasteiger partial charge in [0.15, 0.2) is 0 Å². The number of methoxy groups -OCH3 is 1. The predicted molar refractivity (Wildman–Crippen MR) is 45.7 cm³/mol. The second kappa shape index (κ2) is 3.76. The van der Waals surface area contributed by atoms with Crippen LogP contribution in [0.2, 0.25) is 0 Å². The van der Waals surface area contributed by atoms with Crippen LogP contribution in [-0.2, 0) is 4.74 Å². The molecular weight excluding hydrogens is 156 g/mol. The second-order valence-corrected chi connectivity index (χ2v) is 3.46. The molecule has 1 aliphatic carbocycles. The van der Waals surface area contributed by atoms with Crippen LogP contribution in [0.4, 0.5) is 4.79 Å². The van der Waals surface area contributed by atoms with Crippen LogP contribution in [-0.4, -0.2) is 26.3 Å². The Bertz CT molecular complexity index is 166. The third kappa shape index (κ3) is 2.70. The summed E-state index contributed by atoms with van der Waals surface area (Å²) in [7, 11) is 1.69. The zero-order chi connectivity index (χ0) is 9.03. The van der Waals surface area contributed by atoms with Crippen molar-refractivity contribution in [3.05, 3.63) is 0 Å². The molecular formula is C8H16N2O2. The molecule has 0 atom stereocenters. The molecule has 4 heteroatoms. The van der Waals surface area contributed by atoms with Crippen molar-refractivity contribution in [1.29, 1.82) is 0 Å². The fourth-order valence-electron chi connectivity index (χ4n) is 1.29. The fourth-order valence-corrected chi connectivity index (χ4v) is 1.29. The molecule has 3 N–H and O–H groups in total. The Balaban J connectivity index is 2.16. The number of primary amides is 1. The van der Waals surface area contributed by atoms with E-state index in [4.69, 9.17) is 10.5 Å². The standard InChI is InChI=1S/C8H16N2O2/c1-12-5-4-8(2-3-8)6-10-7(9)11/h2-6H2,1H3,(H3,9,10,11). The summed E-state index contributed by atoms with van der Waals surface area (Å²) in [6, 6.07) is -0.432. The van der Waals surface area contributed by atoms with Gasteiger partial charge in [-0.05, 0) is 24.7 Å². The van der Waals surface area contributed by atoms with Crippen LogP contribution in [0.3, 0.4) is 0 Å². The molecule has 0 aromatic heterocycles. The summed E-state index contributed by atoms with van der Waals surface area (Å²) in [6.07, 6.45) is 3.37. The Hall–Kier alpha value is -0.770. The monoisotopic (exact) mass is 172 g/mol. The fraction of sp³-hybridized carbons (Fsp3) is 0.875. The molecule has 0 aromatic rings. The molecule has 2 amide bonds. The van der Waals surface area contributed by atoms with Crippen LogP contribution in [0.25, 0.3) is 0 Å². The van der Waals surface area contributed by atoms with E-state index in [1.165, 1.54) is 12.8 Å². The molecule has 0 aromatic carbocycles. The van der Waals surface area contributed by atoms with Gasteiger partial charge in [-0.2, -0.15) is 0 Å². The second-order valence-electron chi connectivity index (χ2n) is 3.46. The smallest absolute Gasteiger partial charge is 0.312 e. The highest BCUT2D eigenvalue weighted by molar-refractivity contribution is 5.71. The van der Waals surface area contributed by atoms with E-state index in [2.05, 4.69) is 5.32 Å². The van der Waals surface area contributed by atoms with Gasteiger partial charge in [-0.1, -0.05) is 0 Å². The van der Waals surface area contributed by atoms with Gasteiger partial charge in [0, 0.05) is 20.3 Å². The number of nitrogens with one attached hydrogen (secondary N) is 1. The number of urea groups is 1. The largest absolute Gasteiger partial charge is 0.385 e. The van der Waals surface area contributed by atoms with Crippen molar-refractivity contribution in [2.75, 3.05) is 20.3 Å². The molecule has 0 unspecified atom stereocenters. The minimum absolute atomic E-state index is 0.297. The van der Waals surface area contributed by atoms with E-state index >= 15 is 0 Å². The lowest BCUT2D eigenvalue weighted by atomic mass is 10.0. The lowest BCUT2D eigenvalue weighted by Crippen LogP contribution is -2.34. The Labute approximate surface area is 72.5 Å². The number of ether oxygens (including phenoxy) is 1. The molecule has 4 nitrogen and oxygen atoms in total. The highest BCUT2D eigenvalue weighted by Gasteiger charge is 2.41. The van der Waals surface area contributed by atoms with Crippen molar-refractivity contribution in [2.45, 2.75) is 19.3 Å². The highest BCUT2D eigenvalue weighted by Crippen LogP contribution is 2.48. The molecule has 0 saturated heterocycles. The molecule has 0 bridgehead atoms. The van der Waals surface area contributed by atoms with Gasteiger partial charge < -0.3 is 15.8 Å². The lowest BCUT2D eigenvalue weighted by molar-refractivity contribution is 0.171. The Morgan fingerprint density at radius 1 is 1.67 bits per heavy atom. The van der Waals surface area contributed by atoms with Gasteiger partial charge in [-0.3, -0.25) is 0 Å². The van der Waals surface area contributed by atoms with Crippen molar-refractivity contribution in [1.82, 2.24) is 5.32 Å². The van der Waals surface area contributed by atoms with Crippen molar-refractivity contribution < 1.29 is 9.53 Å². The molecule has 1 fully saturated rings. The number of hydrogen-bond donors (Lipinski definition) is 2. The first-order valence-electron chi connectivity index (χ1n) is 4.21. The van der Waals surface area contributed by atoms with Crippen molar-refractivity contribution in [3.63, 3.8) is 0 Å². The average Bonchev–Trinajstić information content (AvgIpc) is 2.79. The Morgan fingerprint density at radius 3 is 2.75 bits per heavy atom. The molecule has 12 heavy (non-hydrogen) atoms. The highest BCUT2D eigenvalue weighted by atomic mass is 16.5. The van der Waals surface area contributed by atoms with E-state index in [1.54, 1.807) is 7.11 Å². The third-order valence-electron chi connectivity index (χ3n) is 2.43. The van der Waals surface area contributed by atoms with Gasteiger partial charge in [-0.25, -0.2) is 4.79 Å². The zero-order valence-corrected chi connectivity index (χ0v) is 7.43. The minimum Gasteiger partial charge on any atom is -0.385 e. The molecule has 0 aliphatic heterocycles. The topological polar surface area (TPSA) is 64.3 Å². The van der Waals surface area contributed by atoms with E-state index in [-0.39, 0.29) is 0 Å². The number of amides is 2. The number of rotatable bonds is 5. The van der Waals surface area contributed by atoms with E-state index in [9.17, 15) is 4.79 Å². The van der Waals surface area contributed by atoms with Gasteiger partial charge in [0.25, 0.3) is 0 Å². The molecule has 70 valence electrons. The molecule has 0 heterocycles. The van der Waals surface area contributed by atoms with Gasteiger partial charge in [0.1, 0.15) is 0 Å². The number of nitrogens with two attached hydrogens (primary N) is 1.